The first kappa shape index (κ1) is 13.3. The van der Waals surface area contributed by atoms with E-state index in [2.05, 4.69) is 5.32 Å². The number of piperazine rings is 1. The molecule has 6 heteroatoms. The number of nitrogens with zero attached hydrogens (tertiary/aromatic N) is 2. The van der Waals surface area contributed by atoms with E-state index in [0.29, 0.717) is 19.6 Å². The van der Waals surface area contributed by atoms with Gasteiger partial charge in [0.15, 0.2) is 0 Å². The van der Waals surface area contributed by atoms with Gasteiger partial charge in [0, 0.05) is 32.7 Å². The predicted octanol–water partition coefficient (Wildman–Crippen LogP) is -1.21. The number of rotatable bonds is 1. The highest BCUT2D eigenvalue weighted by Crippen LogP contribution is 2.17. The van der Waals surface area contributed by atoms with Crippen LogP contribution in [0.2, 0.25) is 0 Å². The standard InChI is InChI=1S/C12H21N3O3/c16-9-10-3-1-2-6-15(10)12(18)11(17)14-7-4-13-5-8-14/h10,13,16H,1-9H2. The average Bonchev–Trinajstić information content (AvgIpc) is 2.46. The Labute approximate surface area is 107 Å². The van der Waals surface area contributed by atoms with Crippen molar-refractivity contribution in [2.75, 3.05) is 39.3 Å². The molecule has 2 heterocycles. The topological polar surface area (TPSA) is 72.9 Å². The first-order valence-corrected chi connectivity index (χ1v) is 6.65. The number of likely N-dealkylation sites (tertiary alicyclic amines) is 1. The van der Waals surface area contributed by atoms with E-state index in [1.54, 1.807) is 9.80 Å². The summed E-state index contributed by atoms with van der Waals surface area (Å²) in [5.74, 6) is -0.868. The summed E-state index contributed by atoms with van der Waals surface area (Å²) in [6.45, 7) is 3.18. The average molecular weight is 255 g/mol. The molecule has 6 nitrogen and oxygen atoms in total. The summed E-state index contributed by atoms with van der Waals surface area (Å²) < 4.78 is 0. The second kappa shape index (κ2) is 6.15. The highest BCUT2D eigenvalue weighted by Gasteiger charge is 2.33. The molecule has 2 aliphatic rings. The molecule has 2 rings (SSSR count). The number of hydrogen-bond acceptors (Lipinski definition) is 4. The molecule has 1 atom stereocenters. The zero-order chi connectivity index (χ0) is 13.0. The van der Waals surface area contributed by atoms with E-state index in [9.17, 15) is 14.7 Å². The maximum Gasteiger partial charge on any atom is 0.312 e. The van der Waals surface area contributed by atoms with Crippen molar-refractivity contribution in [1.82, 2.24) is 15.1 Å². The Hall–Kier alpha value is -1.14. The van der Waals surface area contributed by atoms with Crippen LogP contribution >= 0.6 is 0 Å². The van der Waals surface area contributed by atoms with Crippen LogP contribution in [0.25, 0.3) is 0 Å². The van der Waals surface area contributed by atoms with Gasteiger partial charge in [-0.3, -0.25) is 9.59 Å². The van der Waals surface area contributed by atoms with Crippen LogP contribution < -0.4 is 5.32 Å². The molecule has 2 N–H and O–H groups in total. The summed E-state index contributed by atoms with van der Waals surface area (Å²) in [4.78, 5) is 27.4. The molecule has 0 aromatic carbocycles. The third-order valence-corrected chi connectivity index (χ3v) is 3.69. The number of aliphatic hydroxyl groups is 1. The molecule has 0 aromatic heterocycles. The predicted molar refractivity (Wildman–Crippen MR) is 65.9 cm³/mol. The molecular formula is C12H21N3O3. The molecule has 2 fully saturated rings. The lowest BCUT2D eigenvalue weighted by atomic mass is 10.0. The summed E-state index contributed by atoms with van der Waals surface area (Å²) in [6.07, 6.45) is 2.71. The van der Waals surface area contributed by atoms with Gasteiger partial charge in [0.05, 0.1) is 12.6 Å². The highest BCUT2D eigenvalue weighted by atomic mass is 16.3. The fourth-order valence-corrected chi connectivity index (χ4v) is 2.58. The van der Waals surface area contributed by atoms with Crippen LogP contribution in [-0.4, -0.2) is 72.1 Å². The Morgan fingerprint density at radius 1 is 1.11 bits per heavy atom. The number of piperidine rings is 1. The molecular weight excluding hydrogens is 234 g/mol. The molecule has 0 aliphatic carbocycles. The van der Waals surface area contributed by atoms with Crippen molar-refractivity contribution in [3.63, 3.8) is 0 Å². The van der Waals surface area contributed by atoms with Crippen LogP contribution in [0.3, 0.4) is 0 Å². The summed E-state index contributed by atoms with van der Waals surface area (Å²) in [5.41, 5.74) is 0. The lowest BCUT2D eigenvalue weighted by Crippen LogP contribution is -2.55. The van der Waals surface area contributed by atoms with Crippen molar-refractivity contribution in [3.8, 4) is 0 Å². The first-order valence-electron chi connectivity index (χ1n) is 6.65. The van der Waals surface area contributed by atoms with Gasteiger partial charge in [0.2, 0.25) is 0 Å². The molecule has 0 spiro atoms. The summed E-state index contributed by atoms with van der Waals surface area (Å²) in [5, 5.41) is 12.4. The highest BCUT2D eigenvalue weighted by molar-refractivity contribution is 6.35. The van der Waals surface area contributed by atoms with Crippen molar-refractivity contribution in [2.24, 2.45) is 0 Å². The molecule has 2 saturated heterocycles. The van der Waals surface area contributed by atoms with E-state index in [-0.39, 0.29) is 12.6 Å². The summed E-state index contributed by atoms with van der Waals surface area (Å²) in [6, 6.07) is -0.182. The molecule has 0 bridgehead atoms. The van der Waals surface area contributed by atoms with Gasteiger partial charge in [-0.05, 0) is 19.3 Å². The molecule has 0 radical (unpaired) electrons. The molecule has 102 valence electrons. The quantitative estimate of drug-likeness (QED) is 0.577. The maximum atomic E-state index is 12.2. The summed E-state index contributed by atoms with van der Waals surface area (Å²) >= 11 is 0. The Morgan fingerprint density at radius 2 is 1.83 bits per heavy atom. The van der Waals surface area contributed by atoms with E-state index < -0.39 is 11.8 Å². The lowest BCUT2D eigenvalue weighted by Gasteiger charge is -2.36. The van der Waals surface area contributed by atoms with E-state index >= 15 is 0 Å². The third-order valence-electron chi connectivity index (χ3n) is 3.69. The van der Waals surface area contributed by atoms with Crippen LogP contribution in [0.15, 0.2) is 0 Å². The van der Waals surface area contributed by atoms with Crippen LogP contribution in [0.5, 0.6) is 0 Å². The lowest BCUT2D eigenvalue weighted by molar-refractivity contribution is -0.155. The molecule has 0 aromatic rings. The number of nitrogens with one attached hydrogen (secondary N) is 1. The number of hydrogen-bond donors (Lipinski definition) is 2. The Bertz CT molecular complexity index is 316. The van der Waals surface area contributed by atoms with Gasteiger partial charge in [-0.1, -0.05) is 0 Å². The van der Waals surface area contributed by atoms with E-state index in [1.807, 2.05) is 0 Å². The van der Waals surface area contributed by atoms with E-state index in [4.69, 9.17) is 0 Å². The van der Waals surface area contributed by atoms with Crippen LogP contribution in [0.4, 0.5) is 0 Å². The van der Waals surface area contributed by atoms with Crippen LogP contribution in [-0.2, 0) is 9.59 Å². The maximum absolute atomic E-state index is 12.2. The number of carbonyl (C=O) groups excluding carboxylic acids is 2. The number of aliphatic hydroxyl groups excluding tert-OH is 1. The van der Waals surface area contributed by atoms with Gasteiger partial charge in [-0.2, -0.15) is 0 Å². The Morgan fingerprint density at radius 3 is 2.50 bits per heavy atom. The summed E-state index contributed by atoms with van der Waals surface area (Å²) in [7, 11) is 0. The van der Waals surface area contributed by atoms with Crippen molar-refractivity contribution < 1.29 is 14.7 Å². The SMILES string of the molecule is O=C(C(=O)N1CCCCC1CO)N1CCNCC1. The van der Waals surface area contributed by atoms with E-state index in [1.165, 1.54) is 0 Å². The van der Waals surface area contributed by atoms with Gasteiger partial charge in [-0.25, -0.2) is 0 Å². The molecule has 2 aliphatic heterocycles. The Kier molecular flexibility index (Phi) is 4.54. The minimum atomic E-state index is -0.448. The number of amides is 2. The minimum absolute atomic E-state index is 0.0550. The van der Waals surface area contributed by atoms with E-state index in [0.717, 1.165) is 32.4 Å². The second-order valence-corrected chi connectivity index (χ2v) is 4.87. The second-order valence-electron chi connectivity index (χ2n) is 4.87. The fraction of sp³-hybridized carbons (Fsp3) is 0.833. The van der Waals surface area contributed by atoms with Crippen LogP contribution in [0, 0.1) is 0 Å². The normalized spacial score (nSPS) is 25.1. The molecule has 1 unspecified atom stereocenters. The largest absolute Gasteiger partial charge is 0.394 e. The molecule has 18 heavy (non-hydrogen) atoms. The molecule has 2 amide bonds. The Balaban J connectivity index is 1.97. The fourth-order valence-electron chi connectivity index (χ4n) is 2.58. The third kappa shape index (κ3) is 2.81. The van der Waals surface area contributed by atoms with Gasteiger partial charge < -0.3 is 20.2 Å². The minimum Gasteiger partial charge on any atom is -0.394 e. The number of carbonyl (C=O) groups is 2. The zero-order valence-electron chi connectivity index (χ0n) is 10.6. The molecule has 0 saturated carbocycles. The van der Waals surface area contributed by atoms with Gasteiger partial charge in [0.1, 0.15) is 0 Å². The monoisotopic (exact) mass is 255 g/mol. The zero-order valence-corrected chi connectivity index (χ0v) is 10.6. The van der Waals surface area contributed by atoms with Crippen molar-refractivity contribution in [1.29, 1.82) is 0 Å². The van der Waals surface area contributed by atoms with Crippen molar-refractivity contribution in [3.05, 3.63) is 0 Å². The van der Waals surface area contributed by atoms with Gasteiger partial charge in [-0.15, -0.1) is 0 Å². The van der Waals surface area contributed by atoms with Crippen molar-refractivity contribution >= 4 is 11.8 Å². The van der Waals surface area contributed by atoms with Crippen LogP contribution in [0.1, 0.15) is 19.3 Å². The van der Waals surface area contributed by atoms with Gasteiger partial charge >= 0.3 is 11.8 Å². The first-order chi connectivity index (χ1) is 8.74. The van der Waals surface area contributed by atoms with Gasteiger partial charge in [0.25, 0.3) is 0 Å². The smallest absolute Gasteiger partial charge is 0.312 e. The van der Waals surface area contributed by atoms with Crippen molar-refractivity contribution in [2.45, 2.75) is 25.3 Å².